The van der Waals surface area contributed by atoms with Crippen LogP contribution >= 0.6 is 11.3 Å². The number of carbonyl (C=O) groups excluding carboxylic acids is 2. The topological polar surface area (TPSA) is 53.5 Å². The summed E-state index contributed by atoms with van der Waals surface area (Å²) in [5, 5.41) is 0.862. The van der Waals surface area contributed by atoms with E-state index in [4.69, 9.17) is 0 Å². The van der Waals surface area contributed by atoms with Crippen molar-refractivity contribution in [2.45, 2.75) is 20.3 Å². The van der Waals surface area contributed by atoms with E-state index in [1.807, 2.05) is 71.3 Å². The van der Waals surface area contributed by atoms with Crippen molar-refractivity contribution in [3.63, 3.8) is 0 Å². The van der Waals surface area contributed by atoms with Crippen LogP contribution in [0.5, 0.6) is 0 Å². The highest BCUT2D eigenvalue weighted by Gasteiger charge is 2.27. The van der Waals surface area contributed by atoms with E-state index in [0.29, 0.717) is 36.6 Å². The predicted molar refractivity (Wildman–Crippen MR) is 120 cm³/mol. The van der Waals surface area contributed by atoms with Crippen molar-refractivity contribution in [1.29, 1.82) is 0 Å². The van der Waals surface area contributed by atoms with Gasteiger partial charge in [-0.3, -0.25) is 9.59 Å². The Morgan fingerprint density at radius 3 is 2.10 bits per heavy atom. The van der Waals surface area contributed by atoms with Crippen molar-refractivity contribution < 1.29 is 9.59 Å². The van der Waals surface area contributed by atoms with Crippen molar-refractivity contribution in [3.05, 3.63) is 76.3 Å². The summed E-state index contributed by atoms with van der Waals surface area (Å²) in [5.41, 5.74) is 3.71. The first-order chi connectivity index (χ1) is 14.6. The van der Waals surface area contributed by atoms with Gasteiger partial charge in [-0.1, -0.05) is 49.4 Å². The molecule has 4 rings (SSSR count). The molecule has 2 amide bonds. The number of hydrogen-bond acceptors (Lipinski definition) is 4. The Balaban J connectivity index is 1.41. The summed E-state index contributed by atoms with van der Waals surface area (Å²) >= 11 is 1.44. The molecule has 6 heteroatoms. The summed E-state index contributed by atoms with van der Waals surface area (Å²) in [5.74, 6) is 0.0386. The highest BCUT2D eigenvalue weighted by atomic mass is 32.1. The molecule has 3 aromatic rings. The van der Waals surface area contributed by atoms with E-state index in [1.165, 1.54) is 16.9 Å². The fraction of sp³-hybridized carbons (Fsp3) is 0.292. The van der Waals surface area contributed by atoms with Crippen molar-refractivity contribution in [1.82, 2.24) is 14.8 Å². The van der Waals surface area contributed by atoms with E-state index in [1.54, 1.807) is 0 Å². The van der Waals surface area contributed by atoms with E-state index in [9.17, 15) is 9.59 Å². The van der Waals surface area contributed by atoms with Crippen molar-refractivity contribution >= 4 is 23.2 Å². The monoisotopic (exact) mass is 419 g/mol. The van der Waals surface area contributed by atoms with E-state index >= 15 is 0 Å². The maximum atomic E-state index is 13.1. The molecule has 0 aliphatic carbocycles. The maximum Gasteiger partial charge on any atom is 0.265 e. The van der Waals surface area contributed by atoms with Crippen LogP contribution in [0.1, 0.15) is 38.2 Å². The molecule has 5 nitrogen and oxygen atoms in total. The average molecular weight is 420 g/mol. The Morgan fingerprint density at radius 1 is 0.900 bits per heavy atom. The first-order valence-corrected chi connectivity index (χ1v) is 11.1. The molecule has 0 atom stereocenters. The second-order valence-electron chi connectivity index (χ2n) is 7.43. The van der Waals surface area contributed by atoms with Gasteiger partial charge in [-0.2, -0.15) is 0 Å². The zero-order chi connectivity index (χ0) is 21.1. The molecular formula is C24H25N3O2S. The van der Waals surface area contributed by atoms with Gasteiger partial charge >= 0.3 is 0 Å². The Bertz CT molecular complexity index is 1040. The van der Waals surface area contributed by atoms with Gasteiger partial charge in [0.15, 0.2) is 0 Å². The second kappa shape index (κ2) is 8.79. The normalized spacial score (nSPS) is 14.1. The molecule has 1 aromatic heterocycles. The lowest BCUT2D eigenvalue weighted by molar-refractivity contribution is 0.0537. The molecule has 30 heavy (non-hydrogen) atoms. The van der Waals surface area contributed by atoms with Gasteiger partial charge < -0.3 is 9.80 Å². The van der Waals surface area contributed by atoms with Gasteiger partial charge in [0, 0.05) is 37.3 Å². The highest BCUT2D eigenvalue weighted by Crippen LogP contribution is 2.29. The van der Waals surface area contributed by atoms with Crippen LogP contribution < -0.4 is 0 Å². The minimum atomic E-state index is 0.00609. The SMILES string of the molecule is CCc1ccc(C(=O)N2CCN(C(=O)c3sc(-c4ccccc4)nc3C)CC2)cc1. The van der Waals surface area contributed by atoms with Crippen LogP contribution in [-0.2, 0) is 6.42 Å². The quantitative estimate of drug-likeness (QED) is 0.634. The third kappa shape index (κ3) is 4.14. The van der Waals surface area contributed by atoms with Crippen LogP contribution in [0, 0.1) is 6.92 Å². The number of thiazole rings is 1. The number of amides is 2. The minimum absolute atomic E-state index is 0.00609. The lowest BCUT2D eigenvalue weighted by Crippen LogP contribution is -2.50. The molecule has 0 N–H and O–H groups in total. The standard InChI is InChI=1S/C24H25N3O2S/c1-3-18-9-11-20(12-10-18)23(28)26-13-15-27(16-14-26)24(29)21-17(2)25-22(30-21)19-7-5-4-6-8-19/h4-12H,3,13-16H2,1-2H3. The Morgan fingerprint density at radius 2 is 1.50 bits per heavy atom. The van der Waals surface area contributed by atoms with E-state index in [-0.39, 0.29) is 11.8 Å². The van der Waals surface area contributed by atoms with Gasteiger partial charge in [0.2, 0.25) is 0 Å². The first-order valence-electron chi connectivity index (χ1n) is 10.3. The van der Waals surface area contributed by atoms with Crippen LogP contribution in [0.2, 0.25) is 0 Å². The lowest BCUT2D eigenvalue weighted by Gasteiger charge is -2.34. The summed E-state index contributed by atoms with van der Waals surface area (Å²) in [6.45, 7) is 6.15. The smallest absolute Gasteiger partial charge is 0.265 e. The van der Waals surface area contributed by atoms with E-state index < -0.39 is 0 Å². The number of nitrogens with zero attached hydrogens (tertiary/aromatic N) is 3. The highest BCUT2D eigenvalue weighted by molar-refractivity contribution is 7.17. The molecule has 0 radical (unpaired) electrons. The van der Waals surface area contributed by atoms with Crippen molar-refractivity contribution in [2.75, 3.05) is 26.2 Å². The number of aryl methyl sites for hydroxylation is 2. The Kier molecular flexibility index (Phi) is 5.95. The fourth-order valence-corrected chi connectivity index (χ4v) is 4.66. The summed E-state index contributed by atoms with van der Waals surface area (Å²) < 4.78 is 0. The third-order valence-electron chi connectivity index (χ3n) is 5.47. The van der Waals surface area contributed by atoms with Crippen LogP contribution in [0.25, 0.3) is 10.6 Å². The van der Waals surface area contributed by atoms with Gasteiger partial charge in [0.1, 0.15) is 9.88 Å². The predicted octanol–water partition coefficient (Wildman–Crippen LogP) is 4.28. The molecule has 0 bridgehead atoms. The van der Waals surface area contributed by atoms with Crippen LogP contribution in [0.3, 0.4) is 0 Å². The van der Waals surface area contributed by atoms with Crippen LogP contribution in [0.4, 0.5) is 0 Å². The van der Waals surface area contributed by atoms with Crippen LogP contribution in [-0.4, -0.2) is 52.8 Å². The second-order valence-corrected chi connectivity index (χ2v) is 8.43. The van der Waals surface area contributed by atoms with Crippen LogP contribution in [0.15, 0.2) is 54.6 Å². The third-order valence-corrected chi connectivity index (χ3v) is 6.67. The molecule has 0 unspecified atom stereocenters. The largest absolute Gasteiger partial charge is 0.335 e. The maximum absolute atomic E-state index is 13.1. The fourth-order valence-electron chi connectivity index (χ4n) is 3.62. The Hall–Kier alpha value is -2.99. The zero-order valence-corrected chi connectivity index (χ0v) is 18.1. The van der Waals surface area contributed by atoms with E-state index in [0.717, 1.165) is 22.7 Å². The summed E-state index contributed by atoms with van der Waals surface area (Å²) in [7, 11) is 0. The van der Waals surface area contributed by atoms with Gasteiger partial charge in [-0.25, -0.2) is 4.98 Å². The summed E-state index contributed by atoms with van der Waals surface area (Å²) in [4.78, 5) is 34.8. The number of benzene rings is 2. The zero-order valence-electron chi connectivity index (χ0n) is 17.3. The number of rotatable bonds is 4. The molecule has 1 fully saturated rings. The minimum Gasteiger partial charge on any atom is -0.335 e. The molecule has 2 aromatic carbocycles. The first kappa shape index (κ1) is 20.3. The van der Waals surface area contributed by atoms with Gasteiger partial charge in [0.25, 0.3) is 11.8 Å². The molecule has 0 spiro atoms. The summed E-state index contributed by atoms with van der Waals surface area (Å²) in [6, 6.07) is 17.7. The van der Waals surface area contributed by atoms with E-state index in [2.05, 4.69) is 11.9 Å². The van der Waals surface area contributed by atoms with Crippen molar-refractivity contribution in [2.24, 2.45) is 0 Å². The Labute approximate surface area is 181 Å². The molecule has 1 saturated heterocycles. The molecular weight excluding hydrogens is 394 g/mol. The number of hydrogen-bond donors (Lipinski definition) is 0. The molecule has 1 aliphatic rings. The average Bonchev–Trinajstić information content (AvgIpc) is 3.20. The molecule has 1 aliphatic heterocycles. The molecule has 0 saturated carbocycles. The van der Waals surface area contributed by atoms with Gasteiger partial charge in [-0.05, 0) is 31.0 Å². The van der Waals surface area contributed by atoms with Crippen molar-refractivity contribution in [3.8, 4) is 10.6 Å². The number of aromatic nitrogens is 1. The number of carbonyl (C=O) groups is 2. The lowest BCUT2D eigenvalue weighted by atomic mass is 10.1. The summed E-state index contributed by atoms with van der Waals surface area (Å²) in [6.07, 6.45) is 0.957. The number of piperazine rings is 1. The molecule has 154 valence electrons. The van der Waals surface area contributed by atoms with Gasteiger partial charge in [0.05, 0.1) is 5.69 Å². The molecule has 2 heterocycles. The van der Waals surface area contributed by atoms with Gasteiger partial charge in [-0.15, -0.1) is 11.3 Å².